The largest absolute Gasteiger partial charge is 0.308 e. The van der Waals surface area contributed by atoms with Gasteiger partial charge in [0.1, 0.15) is 0 Å². The molecule has 0 saturated carbocycles. The number of rotatable bonds is 2. The maximum Gasteiger partial charge on any atom is 0.0315 e. The van der Waals surface area contributed by atoms with Gasteiger partial charge in [0.25, 0.3) is 0 Å². The zero-order valence-corrected chi connectivity index (χ0v) is 6.08. The molecule has 9 heavy (non-hydrogen) atoms. The molecule has 0 aromatic carbocycles. The molecule has 50 valence electrons. The first-order chi connectivity index (χ1) is 4.09. The SMILES string of the molecule is CC(=N)/C(C)=C(/C)C=N. The van der Waals surface area contributed by atoms with Gasteiger partial charge >= 0.3 is 0 Å². The first kappa shape index (κ1) is 8.08. The van der Waals surface area contributed by atoms with E-state index in [-0.39, 0.29) is 0 Å². The molecule has 2 heteroatoms. The van der Waals surface area contributed by atoms with E-state index in [1.165, 1.54) is 6.21 Å². The Balaban J connectivity index is 4.47. The summed E-state index contributed by atoms with van der Waals surface area (Å²) in [7, 11) is 0. The average Bonchev–Trinajstić information content (AvgIpc) is 1.84. The van der Waals surface area contributed by atoms with Gasteiger partial charge in [-0.1, -0.05) is 0 Å². The number of hydrogen-bond donors (Lipinski definition) is 2. The predicted molar refractivity (Wildman–Crippen MR) is 40.6 cm³/mol. The molecule has 0 aliphatic rings. The molecule has 0 unspecified atom stereocenters. The lowest BCUT2D eigenvalue weighted by Gasteiger charge is -1.97. The zero-order valence-electron chi connectivity index (χ0n) is 6.08. The molecule has 0 fully saturated rings. The molecule has 0 radical (unpaired) electrons. The van der Waals surface area contributed by atoms with Crippen LogP contribution in [0.15, 0.2) is 11.1 Å². The third-order valence-electron chi connectivity index (χ3n) is 1.37. The van der Waals surface area contributed by atoms with Crippen LogP contribution in [0.5, 0.6) is 0 Å². The van der Waals surface area contributed by atoms with Crippen molar-refractivity contribution in [3.63, 3.8) is 0 Å². The third kappa shape index (κ3) is 2.22. The molecule has 0 bridgehead atoms. The van der Waals surface area contributed by atoms with E-state index in [4.69, 9.17) is 10.8 Å². The molecule has 0 aromatic rings. The summed E-state index contributed by atoms with van der Waals surface area (Å²) in [6, 6.07) is 0. The molecule has 0 amide bonds. The van der Waals surface area contributed by atoms with Crippen molar-refractivity contribution in [2.45, 2.75) is 20.8 Å². The van der Waals surface area contributed by atoms with Crippen molar-refractivity contribution < 1.29 is 0 Å². The fraction of sp³-hybridized carbons (Fsp3) is 0.429. The zero-order chi connectivity index (χ0) is 7.44. The van der Waals surface area contributed by atoms with Crippen molar-refractivity contribution in [2.75, 3.05) is 0 Å². The van der Waals surface area contributed by atoms with Crippen LogP contribution in [0.3, 0.4) is 0 Å². The van der Waals surface area contributed by atoms with Crippen LogP contribution in [0.1, 0.15) is 20.8 Å². The third-order valence-corrected chi connectivity index (χ3v) is 1.37. The lowest BCUT2D eigenvalue weighted by atomic mass is 10.1. The molecule has 2 N–H and O–H groups in total. The van der Waals surface area contributed by atoms with Gasteiger partial charge in [-0.05, 0) is 31.9 Å². The predicted octanol–water partition coefficient (Wildman–Crippen LogP) is 2.01. The molecular weight excluding hydrogens is 112 g/mol. The summed E-state index contributed by atoms with van der Waals surface area (Å²) < 4.78 is 0. The highest BCUT2D eigenvalue weighted by atomic mass is 14.4. The van der Waals surface area contributed by atoms with E-state index in [0.717, 1.165) is 11.1 Å². The van der Waals surface area contributed by atoms with Crippen LogP contribution in [0.2, 0.25) is 0 Å². The molecule has 0 heterocycles. The summed E-state index contributed by atoms with van der Waals surface area (Å²) in [6.07, 6.45) is 1.27. The van der Waals surface area contributed by atoms with Crippen molar-refractivity contribution in [3.8, 4) is 0 Å². The van der Waals surface area contributed by atoms with E-state index in [9.17, 15) is 0 Å². The molecule has 0 spiro atoms. The Hall–Kier alpha value is -0.920. The van der Waals surface area contributed by atoms with E-state index >= 15 is 0 Å². The van der Waals surface area contributed by atoms with Gasteiger partial charge in [0, 0.05) is 11.9 Å². The minimum atomic E-state index is 0.538. The Labute approximate surface area is 55.6 Å². The van der Waals surface area contributed by atoms with Gasteiger partial charge < -0.3 is 10.8 Å². The van der Waals surface area contributed by atoms with Gasteiger partial charge in [-0.25, -0.2) is 0 Å². The summed E-state index contributed by atoms with van der Waals surface area (Å²) in [5.74, 6) is 0. The highest BCUT2D eigenvalue weighted by Crippen LogP contribution is 2.00. The quantitative estimate of drug-likeness (QED) is 0.529. The number of allylic oxidation sites excluding steroid dienone is 2. The van der Waals surface area contributed by atoms with E-state index in [0.29, 0.717) is 5.71 Å². The van der Waals surface area contributed by atoms with Gasteiger partial charge in [-0.3, -0.25) is 0 Å². The van der Waals surface area contributed by atoms with Crippen LogP contribution in [-0.4, -0.2) is 11.9 Å². The standard InChI is InChI=1S/C7H12N2/c1-5(4-8)6(2)7(3)9/h4,8-9H,1-3H3/b6-5-,8-4?,9-7?. The van der Waals surface area contributed by atoms with Crippen molar-refractivity contribution in [1.29, 1.82) is 10.8 Å². The Morgan fingerprint density at radius 3 is 1.78 bits per heavy atom. The molecule has 0 aliphatic carbocycles. The average molecular weight is 124 g/mol. The van der Waals surface area contributed by atoms with E-state index in [1.807, 2.05) is 13.8 Å². The van der Waals surface area contributed by atoms with E-state index < -0.39 is 0 Å². The lowest BCUT2D eigenvalue weighted by Crippen LogP contribution is -1.94. The maximum absolute atomic E-state index is 7.17. The normalized spacial score (nSPS) is 12.3. The Morgan fingerprint density at radius 1 is 1.22 bits per heavy atom. The second-order valence-corrected chi connectivity index (χ2v) is 2.08. The fourth-order valence-electron chi connectivity index (χ4n) is 0.404. The van der Waals surface area contributed by atoms with Gasteiger partial charge in [-0.2, -0.15) is 0 Å². The summed E-state index contributed by atoms with van der Waals surface area (Å²) in [5, 5.41) is 14.0. The second-order valence-electron chi connectivity index (χ2n) is 2.08. The molecule has 0 atom stereocenters. The van der Waals surface area contributed by atoms with Crippen LogP contribution in [0.4, 0.5) is 0 Å². The Bertz CT molecular complexity index is 166. The summed E-state index contributed by atoms with van der Waals surface area (Å²) in [6.45, 7) is 5.41. The van der Waals surface area contributed by atoms with Crippen LogP contribution >= 0.6 is 0 Å². The van der Waals surface area contributed by atoms with Crippen molar-refractivity contribution >= 4 is 11.9 Å². The second kappa shape index (κ2) is 3.17. The lowest BCUT2D eigenvalue weighted by molar-refractivity contribution is 1.37. The fourth-order valence-corrected chi connectivity index (χ4v) is 0.404. The van der Waals surface area contributed by atoms with Crippen molar-refractivity contribution in [1.82, 2.24) is 0 Å². The van der Waals surface area contributed by atoms with Crippen molar-refractivity contribution in [2.24, 2.45) is 0 Å². The summed E-state index contributed by atoms with van der Waals surface area (Å²) in [5.41, 5.74) is 2.29. The molecule has 0 aliphatic heterocycles. The van der Waals surface area contributed by atoms with Gasteiger partial charge in [-0.15, -0.1) is 0 Å². The van der Waals surface area contributed by atoms with Gasteiger partial charge in [0.2, 0.25) is 0 Å². The van der Waals surface area contributed by atoms with Gasteiger partial charge in [0.05, 0.1) is 0 Å². The summed E-state index contributed by atoms with van der Waals surface area (Å²) in [4.78, 5) is 0. The Morgan fingerprint density at radius 2 is 1.67 bits per heavy atom. The number of nitrogens with one attached hydrogen (secondary N) is 2. The molecule has 2 nitrogen and oxygen atoms in total. The smallest absolute Gasteiger partial charge is 0.0315 e. The first-order valence-corrected chi connectivity index (χ1v) is 2.83. The van der Waals surface area contributed by atoms with Crippen LogP contribution in [0.25, 0.3) is 0 Å². The minimum Gasteiger partial charge on any atom is -0.308 e. The van der Waals surface area contributed by atoms with E-state index in [1.54, 1.807) is 6.92 Å². The van der Waals surface area contributed by atoms with E-state index in [2.05, 4.69) is 0 Å². The maximum atomic E-state index is 7.17. The van der Waals surface area contributed by atoms with Crippen molar-refractivity contribution in [3.05, 3.63) is 11.1 Å². The molecule has 0 aromatic heterocycles. The first-order valence-electron chi connectivity index (χ1n) is 2.83. The van der Waals surface area contributed by atoms with Crippen LogP contribution in [0, 0.1) is 10.8 Å². The highest BCUT2D eigenvalue weighted by Gasteiger charge is 1.93. The monoisotopic (exact) mass is 124 g/mol. The van der Waals surface area contributed by atoms with Crippen LogP contribution < -0.4 is 0 Å². The Kier molecular flexibility index (Phi) is 2.85. The molecule has 0 saturated heterocycles. The topological polar surface area (TPSA) is 47.7 Å². The molecule has 0 rings (SSSR count). The number of hydrogen-bond acceptors (Lipinski definition) is 2. The highest BCUT2D eigenvalue weighted by molar-refractivity contribution is 6.00. The molecular formula is C7H12N2. The van der Waals surface area contributed by atoms with Crippen LogP contribution in [-0.2, 0) is 0 Å². The van der Waals surface area contributed by atoms with Gasteiger partial charge in [0.15, 0.2) is 0 Å². The minimum absolute atomic E-state index is 0.538. The summed E-state index contributed by atoms with van der Waals surface area (Å²) >= 11 is 0.